The van der Waals surface area contributed by atoms with E-state index in [1.807, 2.05) is 30.3 Å². The minimum Gasteiger partial charge on any atom is -0.398 e. The lowest BCUT2D eigenvalue weighted by Gasteiger charge is -1.98. The Morgan fingerprint density at radius 2 is 1.94 bits per heavy atom. The number of hydrogen-bond donors (Lipinski definition) is 0. The third kappa shape index (κ3) is 6.10. The first kappa shape index (κ1) is 14.3. The van der Waals surface area contributed by atoms with Gasteiger partial charge in [-0.15, -0.1) is 0 Å². The normalized spacial score (nSPS) is 10.7. The van der Waals surface area contributed by atoms with E-state index in [0.29, 0.717) is 0 Å². The second-order valence-corrected chi connectivity index (χ2v) is 4.15. The molecule has 0 N–H and O–H groups in total. The van der Waals surface area contributed by atoms with Crippen molar-refractivity contribution in [3.05, 3.63) is 35.9 Å². The van der Waals surface area contributed by atoms with E-state index in [-0.39, 0.29) is 0 Å². The zero-order valence-corrected chi connectivity index (χ0v) is 11.3. The van der Waals surface area contributed by atoms with Crippen LogP contribution in [0.2, 0.25) is 0 Å². The molecule has 2 heteroatoms. The maximum Gasteiger partial charge on any atom is 0.130 e. The summed E-state index contributed by atoms with van der Waals surface area (Å²) in [5.41, 5.74) is 1.84. The number of rotatable bonds is 6. The van der Waals surface area contributed by atoms with E-state index in [9.17, 15) is 0 Å². The van der Waals surface area contributed by atoms with Crippen LogP contribution in [0.25, 0.3) is 0 Å². The Labute approximate surface area is 110 Å². The minimum absolute atomic E-state index is 0.831. The van der Waals surface area contributed by atoms with Gasteiger partial charge in [0.15, 0.2) is 0 Å². The Morgan fingerprint density at radius 3 is 2.61 bits per heavy atom. The number of benzene rings is 1. The van der Waals surface area contributed by atoms with Crippen molar-refractivity contribution in [1.82, 2.24) is 0 Å². The van der Waals surface area contributed by atoms with E-state index in [1.54, 1.807) is 7.11 Å². The van der Waals surface area contributed by atoms with Gasteiger partial charge >= 0.3 is 0 Å². The smallest absolute Gasteiger partial charge is 0.130 e. The fourth-order valence-corrected chi connectivity index (χ4v) is 1.63. The van der Waals surface area contributed by atoms with Crippen molar-refractivity contribution < 1.29 is 4.84 Å². The summed E-state index contributed by atoms with van der Waals surface area (Å²) in [6.45, 7) is 2.21. The largest absolute Gasteiger partial charge is 0.398 e. The van der Waals surface area contributed by atoms with Crippen molar-refractivity contribution >= 4 is 5.71 Å². The molecule has 0 saturated heterocycles. The van der Waals surface area contributed by atoms with Crippen LogP contribution in [0, 0.1) is 11.8 Å². The van der Waals surface area contributed by atoms with E-state index in [1.165, 1.54) is 19.3 Å². The van der Waals surface area contributed by atoms with Gasteiger partial charge < -0.3 is 4.84 Å². The molecule has 0 aliphatic rings. The Bertz CT molecular complexity index is 412. The molecule has 18 heavy (non-hydrogen) atoms. The number of nitrogens with zero attached hydrogens (tertiary/aromatic N) is 1. The highest BCUT2D eigenvalue weighted by Crippen LogP contribution is 2.04. The van der Waals surface area contributed by atoms with Gasteiger partial charge in [0.1, 0.15) is 12.8 Å². The maximum absolute atomic E-state index is 4.83. The van der Waals surface area contributed by atoms with Crippen molar-refractivity contribution in [3.63, 3.8) is 0 Å². The standard InChI is InChI=1S/C16H21NO/c1-3-4-5-9-12-16(17-18-2)14-13-15-10-7-6-8-11-15/h6-8,10-11H,3-5,9,12H2,1-2H3/b17-16-. The molecule has 0 fully saturated rings. The molecule has 0 aliphatic carbocycles. The number of hydrogen-bond acceptors (Lipinski definition) is 2. The van der Waals surface area contributed by atoms with Gasteiger partial charge in [0, 0.05) is 12.0 Å². The topological polar surface area (TPSA) is 21.6 Å². The molecule has 1 aromatic carbocycles. The summed E-state index contributed by atoms with van der Waals surface area (Å²) in [5, 5.41) is 3.98. The summed E-state index contributed by atoms with van der Waals surface area (Å²) in [7, 11) is 1.57. The summed E-state index contributed by atoms with van der Waals surface area (Å²) in [6.07, 6.45) is 5.76. The molecule has 1 rings (SSSR count). The predicted octanol–water partition coefficient (Wildman–Crippen LogP) is 4.01. The van der Waals surface area contributed by atoms with Crippen LogP contribution >= 0.6 is 0 Å². The molecule has 96 valence electrons. The van der Waals surface area contributed by atoms with Gasteiger partial charge in [-0.25, -0.2) is 0 Å². The highest BCUT2D eigenvalue weighted by atomic mass is 16.6. The second-order valence-electron chi connectivity index (χ2n) is 4.15. The van der Waals surface area contributed by atoms with Crippen molar-refractivity contribution in [2.75, 3.05) is 7.11 Å². The third-order valence-corrected chi connectivity index (χ3v) is 2.59. The molecule has 0 saturated carbocycles. The Balaban J connectivity index is 2.53. The highest BCUT2D eigenvalue weighted by molar-refractivity contribution is 6.00. The molecule has 0 unspecified atom stereocenters. The molecule has 0 bridgehead atoms. The van der Waals surface area contributed by atoms with Gasteiger partial charge in [-0.1, -0.05) is 55.5 Å². The second kappa shape index (κ2) is 9.30. The Hall–Kier alpha value is -1.75. The average molecular weight is 243 g/mol. The molecule has 1 aromatic rings. The van der Waals surface area contributed by atoms with Crippen molar-refractivity contribution in [3.8, 4) is 11.8 Å². The van der Waals surface area contributed by atoms with E-state index >= 15 is 0 Å². The third-order valence-electron chi connectivity index (χ3n) is 2.59. The molecule has 0 aromatic heterocycles. The lowest BCUT2D eigenvalue weighted by atomic mass is 10.1. The zero-order valence-electron chi connectivity index (χ0n) is 11.3. The minimum atomic E-state index is 0.831. The van der Waals surface area contributed by atoms with E-state index in [0.717, 1.165) is 24.1 Å². The zero-order chi connectivity index (χ0) is 13.1. The molecule has 0 atom stereocenters. The molecule has 0 spiro atoms. The lowest BCUT2D eigenvalue weighted by molar-refractivity contribution is 0.213. The summed E-state index contributed by atoms with van der Waals surface area (Å²) >= 11 is 0. The van der Waals surface area contributed by atoms with Gasteiger partial charge in [-0.2, -0.15) is 0 Å². The molecular weight excluding hydrogens is 222 g/mol. The molecule has 0 heterocycles. The van der Waals surface area contributed by atoms with Gasteiger partial charge in [-0.05, 0) is 24.5 Å². The monoisotopic (exact) mass is 243 g/mol. The SMILES string of the molecule is CCCCCC/C(C#Cc1ccccc1)=N/OC. The van der Waals surface area contributed by atoms with Gasteiger partial charge in [0.2, 0.25) is 0 Å². The van der Waals surface area contributed by atoms with Crippen LogP contribution in [0.15, 0.2) is 35.5 Å². The van der Waals surface area contributed by atoms with Crippen LogP contribution in [-0.4, -0.2) is 12.8 Å². The summed E-state index contributed by atoms with van der Waals surface area (Å²) in [4.78, 5) is 4.83. The lowest BCUT2D eigenvalue weighted by Crippen LogP contribution is -1.96. The summed E-state index contributed by atoms with van der Waals surface area (Å²) < 4.78 is 0. The van der Waals surface area contributed by atoms with Crippen LogP contribution in [0.5, 0.6) is 0 Å². The van der Waals surface area contributed by atoms with Gasteiger partial charge in [0.05, 0.1) is 0 Å². The molecule has 0 aliphatic heterocycles. The average Bonchev–Trinajstić information content (AvgIpc) is 2.42. The Kier molecular flexibility index (Phi) is 7.39. The van der Waals surface area contributed by atoms with Crippen molar-refractivity contribution in [2.45, 2.75) is 39.0 Å². The molecule has 2 nitrogen and oxygen atoms in total. The molecule has 0 radical (unpaired) electrons. The first-order valence-corrected chi connectivity index (χ1v) is 6.54. The van der Waals surface area contributed by atoms with Gasteiger partial charge in [-0.3, -0.25) is 0 Å². The molecular formula is C16H21NO. The number of unbranched alkanes of at least 4 members (excludes halogenated alkanes) is 3. The van der Waals surface area contributed by atoms with Gasteiger partial charge in [0.25, 0.3) is 0 Å². The Morgan fingerprint density at radius 1 is 1.17 bits per heavy atom. The van der Waals surface area contributed by atoms with Crippen molar-refractivity contribution in [1.29, 1.82) is 0 Å². The van der Waals surface area contributed by atoms with Crippen LogP contribution in [0.1, 0.15) is 44.6 Å². The highest BCUT2D eigenvalue weighted by Gasteiger charge is 1.96. The first-order chi connectivity index (χ1) is 8.86. The van der Waals surface area contributed by atoms with Crippen LogP contribution in [0.3, 0.4) is 0 Å². The van der Waals surface area contributed by atoms with Crippen LogP contribution in [-0.2, 0) is 4.84 Å². The molecule has 0 amide bonds. The van der Waals surface area contributed by atoms with E-state index in [4.69, 9.17) is 4.84 Å². The number of oxime groups is 1. The van der Waals surface area contributed by atoms with Crippen LogP contribution in [0.4, 0.5) is 0 Å². The van der Waals surface area contributed by atoms with Crippen molar-refractivity contribution in [2.24, 2.45) is 5.16 Å². The fraction of sp³-hybridized carbons (Fsp3) is 0.438. The first-order valence-electron chi connectivity index (χ1n) is 6.54. The van der Waals surface area contributed by atoms with E-state index in [2.05, 4.69) is 23.9 Å². The van der Waals surface area contributed by atoms with E-state index < -0.39 is 0 Å². The maximum atomic E-state index is 4.83. The van der Waals surface area contributed by atoms with Crippen LogP contribution < -0.4 is 0 Å². The fourth-order valence-electron chi connectivity index (χ4n) is 1.63. The quantitative estimate of drug-likeness (QED) is 0.320. The summed E-state index contributed by atoms with van der Waals surface area (Å²) in [5.74, 6) is 6.20. The summed E-state index contributed by atoms with van der Waals surface area (Å²) in [6, 6.07) is 9.94. The predicted molar refractivity (Wildman–Crippen MR) is 76.5 cm³/mol.